The van der Waals surface area contributed by atoms with Crippen LogP contribution in [0.15, 0.2) is 42.5 Å². The van der Waals surface area contributed by atoms with Crippen molar-refractivity contribution in [3.63, 3.8) is 0 Å². The molecule has 2 nitrogen and oxygen atoms in total. The monoisotopic (exact) mass is 315 g/mol. The molecule has 0 spiro atoms. The number of alkyl halides is 3. The van der Waals surface area contributed by atoms with Gasteiger partial charge >= 0.3 is 6.36 Å². The predicted octanol–water partition coefficient (Wildman–Crippen LogP) is 4.66. The van der Waals surface area contributed by atoms with Crippen molar-refractivity contribution in [1.29, 1.82) is 0 Å². The van der Waals surface area contributed by atoms with E-state index < -0.39 is 6.36 Å². The molecule has 6 heteroatoms. The minimum Gasteiger partial charge on any atom is -0.493 e. The van der Waals surface area contributed by atoms with E-state index in [2.05, 4.69) is 10.8 Å². The number of ether oxygens (including phenoxy) is 2. The molecule has 2 aromatic rings. The molecule has 111 valence electrons. The van der Waals surface area contributed by atoms with Crippen LogP contribution in [-0.4, -0.2) is 13.0 Å². The van der Waals surface area contributed by atoms with E-state index in [1.54, 1.807) is 30.3 Å². The Morgan fingerprint density at radius 2 is 1.76 bits per heavy atom. The minimum atomic E-state index is -4.67. The topological polar surface area (TPSA) is 18.5 Å². The van der Waals surface area contributed by atoms with Gasteiger partial charge < -0.3 is 9.47 Å². The van der Waals surface area contributed by atoms with Crippen LogP contribution in [0.4, 0.5) is 13.2 Å². The summed E-state index contributed by atoms with van der Waals surface area (Å²) >= 11 is 5.77. The second-order valence-corrected chi connectivity index (χ2v) is 4.56. The zero-order valence-corrected chi connectivity index (χ0v) is 11.5. The lowest BCUT2D eigenvalue weighted by Crippen LogP contribution is -2.17. The fourth-order valence-corrected chi connectivity index (χ4v) is 1.81. The summed E-state index contributed by atoms with van der Waals surface area (Å²) in [5, 5.41) is 0.459. The highest BCUT2D eigenvalue weighted by molar-refractivity contribution is 6.30. The summed E-state index contributed by atoms with van der Waals surface area (Å²) in [5.41, 5.74) is 0.839. The van der Waals surface area contributed by atoms with Crippen molar-refractivity contribution < 1.29 is 22.6 Å². The highest BCUT2D eigenvalue weighted by atomic mass is 35.5. The molecule has 0 unspecified atom stereocenters. The first-order chi connectivity index (χ1) is 9.92. The molecule has 21 heavy (non-hydrogen) atoms. The van der Waals surface area contributed by atoms with Gasteiger partial charge in [-0.15, -0.1) is 13.2 Å². The van der Waals surface area contributed by atoms with Crippen molar-refractivity contribution in [1.82, 2.24) is 0 Å². The van der Waals surface area contributed by atoms with Gasteiger partial charge in [0.2, 0.25) is 0 Å². The van der Waals surface area contributed by atoms with Gasteiger partial charge in [-0.05, 0) is 29.8 Å². The lowest BCUT2D eigenvalue weighted by atomic mass is 10.1. The highest BCUT2D eigenvalue weighted by Gasteiger charge is 2.30. The van der Waals surface area contributed by atoms with Crippen LogP contribution in [0.1, 0.15) is 5.56 Å². The third-order valence-corrected chi connectivity index (χ3v) is 2.76. The second-order valence-electron chi connectivity index (χ2n) is 4.15. The molecule has 0 bridgehead atoms. The Labute approximate surface area is 125 Å². The highest BCUT2D eigenvalue weighted by Crippen LogP contribution is 2.23. The normalized spacial score (nSPS) is 11.2. The van der Waals surface area contributed by atoms with Gasteiger partial charge in [-0.1, -0.05) is 29.8 Å². The lowest BCUT2D eigenvalue weighted by molar-refractivity contribution is -0.274. The summed E-state index contributed by atoms with van der Waals surface area (Å²) in [4.78, 5) is 0. The Morgan fingerprint density at radius 1 is 1.05 bits per heavy atom. The number of benzene rings is 2. The van der Waals surface area contributed by atoms with Gasteiger partial charge in [-0.2, -0.15) is 0 Å². The first kappa shape index (κ1) is 15.5. The third kappa shape index (κ3) is 5.55. The Kier molecular flexibility index (Phi) is 4.96. The number of halogens is 4. The number of hydrogen-bond acceptors (Lipinski definition) is 2. The quantitative estimate of drug-likeness (QED) is 0.799. The fourth-order valence-electron chi connectivity index (χ4n) is 1.64. The first-order valence-electron chi connectivity index (χ1n) is 6.08. The van der Waals surface area contributed by atoms with Gasteiger partial charge in [0.15, 0.2) is 0 Å². The van der Waals surface area contributed by atoms with E-state index in [-0.39, 0.29) is 5.75 Å². The molecule has 2 aromatic carbocycles. The molecule has 0 aromatic heterocycles. The molecule has 0 heterocycles. The van der Waals surface area contributed by atoms with Crippen LogP contribution >= 0.6 is 11.6 Å². The van der Waals surface area contributed by atoms with Gasteiger partial charge in [0, 0.05) is 12.5 Å². The summed E-state index contributed by atoms with van der Waals surface area (Å²) in [6.45, 7) is 0.371. The Hall–Kier alpha value is -1.88. The average Bonchev–Trinajstić information content (AvgIpc) is 2.39. The van der Waals surface area contributed by atoms with E-state index in [4.69, 9.17) is 16.3 Å². The number of rotatable bonds is 5. The third-order valence-electron chi connectivity index (χ3n) is 2.54. The van der Waals surface area contributed by atoms with Crippen molar-refractivity contribution in [2.24, 2.45) is 0 Å². The Balaban J connectivity index is 1.84. The SMILES string of the molecule is FC(F)(F)Oc1ccc(CCOc2[c]c(Cl)ccc2)cc1. The molecule has 0 amide bonds. The maximum Gasteiger partial charge on any atom is 0.573 e. The smallest absolute Gasteiger partial charge is 0.493 e. The van der Waals surface area contributed by atoms with E-state index in [0.717, 1.165) is 5.56 Å². The second kappa shape index (κ2) is 6.72. The molecule has 2 rings (SSSR count). The minimum absolute atomic E-state index is 0.240. The van der Waals surface area contributed by atoms with E-state index in [0.29, 0.717) is 23.8 Å². The molecule has 0 aliphatic rings. The molecule has 0 atom stereocenters. The van der Waals surface area contributed by atoms with Crippen LogP contribution in [0.2, 0.25) is 5.02 Å². The zero-order chi connectivity index (χ0) is 15.3. The zero-order valence-electron chi connectivity index (χ0n) is 10.8. The molecule has 0 N–H and O–H groups in total. The molecule has 0 aliphatic carbocycles. The van der Waals surface area contributed by atoms with Crippen LogP contribution in [-0.2, 0) is 6.42 Å². The predicted molar refractivity (Wildman–Crippen MR) is 72.6 cm³/mol. The summed E-state index contributed by atoms with van der Waals surface area (Å²) in [5.74, 6) is 0.287. The molecule has 0 aliphatic heterocycles. The summed E-state index contributed by atoms with van der Waals surface area (Å²) < 4.78 is 45.3. The Morgan fingerprint density at radius 3 is 2.38 bits per heavy atom. The van der Waals surface area contributed by atoms with Crippen LogP contribution < -0.4 is 9.47 Å². The molecule has 0 saturated heterocycles. The first-order valence-corrected chi connectivity index (χ1v) is 6.45. The van der Waals surface area contributed by atoms with Crippen LogP contribution in [0.3, 0.4) is 0 Å². The molecule has 1 radical (unpaired) electrons. The molecular formula is C15H11ClF3O2. The standard InChI is InChI=1S/C15H11ClF3O2/c16-12-2-1-3-14(10-12)20-9-8-11-4-6-13(7-5-11)21-15(17,18)19/h1-7H,8-9H2. The summed E-state index contributed by atoms with van der Waals surface area (Å²) in [6, 6.07) is 13.7. The fraction of sp³-hybridized carbons (Fsp3) is 0.200. The van der Waals surface area contributed by atoms with Crippen molar-refractivity contribution >= 4 is 11.6 Å². The summed E-state index contributed by atoms with van der Waals surface area (Å²) in [6.07, 6.45) is -4.13. The van der Waals surface area contributed by atoms with Gasteiger partial charge in [0.05, 0.1) is 11.6 Å². The van der Waals surface area contributed by atoms with E-state index in [1.165, 1.54) is 12.1 Å². The average molecular weight is 316 g/mol. The van der Waals surface area contributed by atoms with Gasteiger partial charge in [0.25, 0.3) is 0 Å². The van der Waals surface area contributed by atoms with Crippen molar-refractivity contribution in [2.45, 2.75) is 12.8 Å². The van der Waals surface area contributed by atoms with Gasteiger partial charge in [-0.3, -0.25) is 0 Å². The largest absolute Gasteiger partial charge is 0.573 e. The number of hydrogen-bond donors (Lipinski definition) is 0. The molecular weight excluding hydrogens is 305 g/mol. The maximum atomic E-state index is 12.0. The van der Waals surface area contributed by atoms with E-state index in [9.17, 15) is 13.2 Å². The summed E-state index contributed by atoms with van der Waals surface area (Å²) in [7, 11) is 0. The van der Waals surface area contributed by atoms with E-state index >= 15 is 0 Å². The van der Waals surface area contributed by atoms with Crippen molar-refractivity contribution in [2.75, 3.05) is 6.61 Å². The van der Waals surface area contributed by atoms with Crippen molar-refractivity contribution in [3.8, 4) is 11.5 Å². The Bertz CT molecular complexity index is 582. The maximum absolute atomic E-state index is 12.0. The molecule has 0 fully saturated rings. The van der Waals surface area contributed by atoms with Crippen LogP contribution in [0.25, 0.3) is 0 Å². The lowest BCUT2D eigenvalue weighted by Gasteiger charge is -2.09. The van der Waals surface area contributed by atoms with Crippen LogP contribution in [0, 0.1) is 6.07 Å². The van der Waals surface area contributed by atoms with Gasteiger partial charge in [-0.25, -0.2) is 0 Å². The van der Waals surface area contributed by atoms with Gasteiger partial charge in [0.1, 0.15) is 11.5 Å². The van der Waals surface area contributed by atoms with Crippen LogP contribution in [0.5, 0.6) is 11.5 Å². The van der Waals surface area contributed by atoms with Crippen molar-refractivity contribution in [3.05, 3.63) is 59.1 Å². The molecule has 0 saturated carbocycles. The van der Waals surface area contributed by atoms with E-state index in [1.807, 2.05) is 0 Å².